The SMILES string of the molecule is C=C=CC(CCC(C)(F)F)(C/C(C)=C/CC(=N)CC(C)C)C(C)C. The van der Waals surface area contributed by atoms with E-state index < -0.39 is 5.92 Å². The van der Waals surface area contributed by atoms with Gasteiger partial charge in [-0.1, -0.05) is 45.9 Å². The first-order valence-corrected chi connectivity index (χ1v) is 8.88. The number of hydrogen-bond acceptors (Lipinski definition) is 1. The zero-order valence-electron chi connectivity index (χ0n) is 16.3. The zero-order valence-corrected chi connectivity index (χ0v) is 16.3. The van der Waals surface area contributed by atoms with E-state index >= 15 is 0 Å². The summed E-state index contributed by atoms with van der Waals surface area (Å²) in [6, 6.07) is 0. The second-order valence-electron chi connectivity index (χ2n) is 7.94. The summed E-state index contributed by atoms with van der Waals surface area (Å²) in [6.07, 6.45) is 6.36. The highest BCUT2D eigenvalue weighted by Gasteiger charge is 2.35. The van der Waals surface area contributed by atoms with Gasteiger partial charge >= 0.3 is 0 Å². The Bertz CT molecular complexity index is 477. The molecule has 0 rings (SSSR count). The molecule has 0 aromatic rings. The predicted molar refractivity (Wildman–Crippen MR) is 101 cm³/mol. The minimum atomic E-state index is -2.66. The van der Waals surface area contributed by atoms with E-state index in [-0.39, 0.29) is 17.8 Å². The van der Waals surface area contributed by atoms with Crippen LogP contribution >= 0.6 is 0 Å². The van der Waals surface area contributed by atoms with Gasteiger partial charge in [0.05, 0.1) is 0 Å². The molecule has 0 heterocycles. The van der Waals surface area contributed by atoms with E-state index in [1.165, 1.54) is 0 Å². The number of allylic oxidation sites excluding steroid dienone is 3. The number of nitrogens with one attached hydrogen (secondary N) is 1. The number of halogens is 2. The lowest BCUT2D eigenvalue weighted by atomic mass is 9.69. The molecule has 1 atom stereocenters. The molecular weight excluding hydrogens is 304 g/mol. The Morgan fingerprint density at radius 1 is 1.21 bits per heavy atom. The second kappa shape index (κ2) is 9.93. The molecule has 0 fully saturated rings. The van der Waals surface area contributed by atoms with Crippen LogP contribution in [0.4, 0.5) is 8.78 Å². The van der Waals surface area contributed by atoms with Crippen LogP contribution in [0.2, 0.25) is 0 Å². The Labute approximate surface area is 147 Å². The molecule has 24 heavy (non-hydrogen) atoms. The summed E-state index contributed by atoms with van der Waals surface area (Å²) in [4.78, 5) is 0. The van der Waals surface area contributed by atoms with Crippen molar-refractivity contribution in [2.75, 3.05) is 0 Å². The molecule has 138 valence electrons. The van der Waals surface area contributed by atoms with Crippen LogP contribution in [0.15, 0.2) is 30.0 Å². The highest BCUT2D eigenvalue weighted by atomic mass is 19.3. The average Bonchev–Trinajstić information content (AvgIpc) is 2.41. The molecule has 0 aromatic heterocycles. The normalized spacial score (nSPS) is 15.3. The van der Waals surface area contributed by atoms with Crippen molar-refractivity contribution >= 4 is 5.71 Å². The Kier molecular flexibility index (Phi) is 9.43. The number of alkyl halides is 2. The minimum Gasteiger partial charge on any atom is -0.309 e. The van der Waals surface area contributed by atoms with Crippen LogP contribution in [0.1, 0.15) is 73.6 Å². The van der Waals surface area contributed by atoms with Gasteiger partial charge in [-0.05, 0) is 51.0 Å². The summed E-state index contributed by atoms with van der Waals surface area (Å²) in [5.41, 5.74) is 4.34. The van der Waals surface area contributed by atoms with Gasteiger partial charge in [0.1, 0.15) is 0 Å². The van der Waals surface area contributed by atoms with Crippen LogP contribution < -0.4 is 0 Å². The molecule has 0 bridgehead atoms. The van der Waals surface area contributed by atoms with Crippen LogP contribution in [0, 0.1) is 22.7 Å². The Morgan fingerprint density at radius 3 is 2.21 bits per heavy atom. The van der Waals surface area contributed by atoms with E-state index in [0.29, 0.717) is 25.2 Å². The molecular formula is C21H35F2N. The summed E-state index contributed by atoms with van der Waals surface area (Å²) in [6.45, 7) is 15.0. The van der Waals surface area contributed by atoms with Gasteiger partial charge in [0.15, 0.2) is 0 Å². The fourth-order valence-corrected chi connectivity index (χ4v) is 2.99. The van der Waals surface area contributed by atoms with Crippen LogP contribution in [-0.4, -0.2) is 11.6 Å². The zero-order chi connectivity index (χ0) is 19.0. The monoisotopic (exact) mass is 339 g/mol. The summed E-state index contributed by atoms with van der Waals surface area (Å²) in [5, 5.41) is 8.00. The van der Waals surface area contributed by atoms with Gasteiger partial charge in [-0.15, -0.1) is 5.73 Å². The topological polar surface area (TPSA) is 23.9 Å². The van der Waals surface area contributed by atoms with Crippen molar-refractivity contribution < 1.29 is 8.78 Å². The molecule has 3 heteroatoms. The Morgan fingerprint density at radius 2 is 1.79 bits per heavy atom. The Balaban J connectivity index is 5.16. The minimum absolute atomic E-state index is 0.139. The van der Waals surface area contributed by atoms with Gasteiger partial charge < -0.3 is 5.41 Å². The van der Waals surface area contributed by atoms with Gasteiger partial charge in [0.25, 0.3) is 0 Å². The molecule has 1 nitrogen and oxygen atoms in total. The van der Waals surface area contributed by atoms with Crippen molar-refractivity contribution in [2.24, 2.45) is 17.3 Å². The molecule has 1 N–H and O–H groups in total. The first-order valence-electron chi connectivity index (χ1n) is 8.88. The molecule has 0 radical (unpaired) electrons. The van der Waals surface area contributed by atoms with Crippen molar-refractivity contribution in [3.8, 4) is 0 Å². The van der Waals surface area contributed by atoms with Crippen LogP contribution in [-0.2, 0) is 0 Å². The summed E-state index contributed by atoms with van der Waals surface area (Å²) in [7, 11) is 0. The van der Waals surface area contributed by atoms with E-state index in [1.54, 1.807) is 0 Å². The summed E-state index contributed by atoms with van der Waals surface area (Å²) >= 11 is 0. The van der Waals surface area contributed by atoms with Crippen LogP contribution in [0.25, 0.3) is 0 Å². The predicted octanol–water partition coefficient (Wildman–Crippen LogP) is 7.20. The third-order valence-electron chi connectivity index (χ3n) is 4.53. The fourth-order valence-electron chi connectivity index (χ4n) is 2.99. The molecule has 0 aliphatic rings. The van der Waals surface area contributed by atoms with Crippen molar-refractivity contribution in [1.82, 2.24) is 0 Å². The van der Waals surface area contributed by atoms with Gasteiger partial charge in [-0.2, -0.15) is 0 Å². The highest BCUT2D eigenvalue weighted by Crippen LogP contribution is 2.42. The molecule has 0 aliphatic heterocycles. The van der Waals surface area contributed by atoms with E-state index in [0.717, 1.165) is 24.6 Å². The van der Waals surface area contributed by atoms with Gasteiger partial charge in [0.2, 0.25) is 5.92 Å². The molecule has 0 spiro atoms. The smallest absolute Gasteiger partial charge is 0.245 e. The van der Waals surface area contributed by atoms with E-state index in [2.05, 4.69) is 46.1 Å². The fraction of sp³-hybridized carbons (Fsp3) is 0.714. The molecule has 0 amide bonds. The highest BCUT2D eigenvalue weighted by molar-refractivity contribution is 5.82. The lowest BCUT2D eigenvalue weighted by Crippen LogP contribution is -2.28. The van der Waals surface area contributed by atoms with Crippen LogP contribution in [0.3, 0.4) is 0 Å². The number of rotatable bonds is 11. The maximum absolute atomic E-state index is 13.4. The van der Waals surface area contributed by atoms with Gasteiger partial charge in [0, 0.05) is 24.0 Å². The van der Waals surface area contributed by atoms with Crippen molar-refractivity contribution in [3.63, 3.8) is 0 Å². The molecule has 0 saturated carbocycles. The van der Waals surface area contributed by atoms with Crippen LogP contribution in [0.5, 0.6) is 0 Å². The van der Waals surface area contributed by atoms with E-state index in [9.17, 15) is 8.78 Å². The second-order valence-corrected chi connectivity index (χ2v) is 7.94. The third-order valence-corrected chi connectivity index (χ3v) is 4.53. The molecule has 0 aromatic carbocycles. The quantitative estimate of drug-likeness (QED) is 0.234. The largest absolute Gasteiger partial charge is 0.309 e. The third kappa shape index (κ3) is 9.17. The lowest BCUT2D eigenvalue weighted by Gasteiger charge is -2.36. The van der Waals surface area contributed by atoms with Crippen molar-refractivity contribution in [2.45, 2.75) is 79.6 Å². The lowest BCUT2D eigenvalue weighted by molar-refractivity contribution is -0.00157. The first-order chi connectivity index (χ1) is 10.9. The molecule has 0 saturated heterocycles. The molecule has 0 aliphatic carbocycles. The molecule has 1 unspecified atom stereocenters. The average molecular weight is 340 g/mol. The Hall–Kier alpha value is -1.21. The maximum atomic E-state index is 13.4. The summed E-state index contributed by atoms with van der Waals surface area (Å²) < 4.78 is 26.8. The van der Waals surface area contributed by atoms with E-state index in [4.69, 9.17) is 5.41 Å². The van der Waals surface area contributed by atoms with Gasteiger partial charge in [-0.3, -0.25) is 0 Å². The summed E-state index contributed by atoms with van der Waals surface area (Å²) in [5.74, 6) is -1.96. The van der Waals surface area contributed by atoms with Gasteiger partial charge in [-0.25, -0.2) is 8.78 Å². The standard InChI is InChI=1S/C21H35F2N/c1-8-11-21(17(4)5,13-12-20(7,22)23)15-18(6)9-10-19(24)14-16(2)3/h9,11,16-17,24H,1,10,12-15H2,2-7H3/b18-9+,24-19?. The number of hydrogen-bond donors (Lipinski definition) is 1. The maximum Gasteiger partial charge on any atom is 0.245 e. The van der Waals surface area contributed by atoms with Crippen molar-refractivity contribution in [1.29, 1.82) is 5.41 Å². The van der Waals surface area contributed by atoms with Crippen molar-refractivity contribution in [3.05, 3.63) is 30.0 Å². The first kappa shape index (κ1) is 22.8. The van der Waals surface area contributed by atoms with E-state index in [1.807, 2.05) is 13.0 Å².